The van der Waals surface area contributed by atoms with Crippen molar-refractivity contribution in [2.24, 2.45) is 5.73 Å². The summed E-state index contributed by atoms with van der Waals surface area (Å²) in [5.41, 5.74) is 6.96. The van der Waals surface area contributed by atoms with Gasteiger partial charge in [0.15, 0.2) is 0 Å². The van der Waals surface area contributed by atoms with Crippen molar-refractivity contribution < 1.29 is 0 Å². The normalized spacial score (nSPS) is 16.4. The molecule has 0 aliphatic heterocycles. The van der Waals surface area contributed by atoms with E-state index < -0.39 is 0 Å². The van der Waals surface area contributed by atoms with E-state index in [-0.39, 0.29) is 0 Å². The molecule has 17 heavy (non-hydrogen) atoms. The second kappa shape index (κ2) is 5.83. The third-order valence-electron chi connectivity index (χ3n) is 3.42. The average molecular weight is 298 g/mol. The lowest BCUT2D eigenvalue weighted by molar-refractivity contribution is 0.600. The average Bonchev–Trinajstić information content (AvgIpc) is 2.80. The third-order valence-corrected chi connectivity index (χ3v) is 3.86. The molecule has 94 valence electrons. The minimum absolute atomic E-state index is 0.630. The van der Waals surface area contributed by atoms with E-state index in [2.05, 4.69) is 38.8 Å². The molecule has 2 rings (SSSR count). The number of aromatic nitrogens is 1. The molecule has 1 aliphatic carbocycles. The van der Waals surface area contributed by atoms with Crippen LogP contribution in [0.4, 0.5) is 5.82 Å². The summed E-state index contributed by atoms with van der Waals surface area (Å²) in [7, 11) is 0. The molecule has 0 spiro atoms. The summed E-state index contributed by atoms with van der Waals surface area (Å²) in [6, 6.07) is 2.76. The lowest BCUT2D eigenvalue weighted by atomic mass is 10.1. The molecule has 0 aromatic carbocycles. The Hall–Kier alpha value is -0.610. The number of hydrogen-bond acceptors (Lipinski definition) is 3. The topological polar surface area (TPSA) is 42.2 Å². The van der Waals surface area contributed by atoms with Crippen molar-refractivity contribution in [2.45, 2.75) is 38.6 Å². The van der Waals surface area contributed by atoms with Crippen molar-refractivity contribution in [3.63, 3.8) is 0 Å². The zero-order chi connectivity index (χ0) is 12.3. The Bertz CT molecular complexity index is 375. The standard InChI is InChI=1S/C13H20BrN3/c1-10-8-11(14)9-16-13(10)17(7-6-15)12-4-2-3-5-12/h8-9,12H,2-7,15H2,1H3. The second-order valence-corrected chi connectivity index (χ2v) is 5.63. The molecule has 1 fully saturated rings. The van der Waals surface area contributed by atoms with Gasteiger partial charge in [0.2, 0.25) is 0 Å². The van der Waals surface area contributed by atoms with Gasteiger partial charge in [-0.05, 0) is 47.3 Å². The maximum absolute atomic E-state index is 5.74. The van der Waals surface area contributed by atoms with Crippen molar-refractivity contribution in [1.29, 1.82) is 0 Å². The van der Waals surface area contributed by atoms with E-state index in [4.69, 9.17) is 5.73 Å². The first-order valence-corrected chi connectivity index (χ1v) is 7.10. The Labute approximate surface area is 112 Å². The fourth-order valence-electron chi connectivity index (χ4n) is 2.65. The van der Waals surface area contributed by atoms with Gasteiger partial charge in [-0.1, -0.05) is 12.8 Å². The van der Waals surface area contributed by atoms with Gasteiger partial charge >= 0.3 is 0 Å². The van der Waals surface area contributed by atoms with Crippen LogP contribution in [0.1, 0.15) is 31.2 Å². The molecule has 2 N–H and O–H groups in total. The Balaban J connectivity index is 2.24. The summed E-state index contributed by atoms with van der Waals surface area (Å²) >= 11 is 3.46. The van der Waals surface area contributed by atoms with Crippen LogP contribution in [0.3, 0.4) is 0 Å². The molecule has 0 amide bonds. The van der Waals surface area contributed by atoms with Crippen LogP contribution >= 0.6 is 15.9 Å². The first-order chi connectivity index (χ1) is 8.22. The minimum Gasteiger partial charge on any atom is -0.352 e. The Kier molecular flexibility index (Phi) is 4.40. The highest BCUT2D eigenvalue weighted by Crippen LogP contribution is 2.29. The first-order valence-electron chi connectivity index (χ1n) is 6.31. The van der Waals surface area contributed by atoms with Gasteiger partial charge in [-0.3, -0.25) is 0 Å². The van der Waals surface area contributed by atoms with Crippen LogP contribution in [-0.2, 0) is 0 Å². The predicted molar refractivity (Wildman–Crippen MR) is 75.3 cm³/mol. The molecule has 1 aromatic rings. The molecular formula is C13H20BrN3. The molecule has 4 heteroatoms. The molecule has 0 bridgehead atoms. The van der Waals surface area contributed by atoms with Gasteiger partial charge in [-0.25, -0.2) is 4.98 Å². The maximum atomic E-state index is 5.74. The molecule has 0 unspecified atom stereocenters. The summed E-state index contributed by atoms with van der Waals surface area (Å²) in [6.45, 7) is 3.71. The number of halogens is 1. The largest absolute Gasteiger partial charge is 0.352 e. The number of hydrogen-bond donors (Lipinski definition) is 1. The smallest absolute Gasteiger partial charge is 0.131 e. The van der Waals surface area contributed by atoms with Crippen molar-refractivity contribution in [1.82, 2.24) is 4.98 Å². The fourth-order valence-corrected chi connectivity index (χ4v) is 3.10. The highest BCUT2D eigenvalue weighted by atomic mass is 79.9. The summed E-state index contributed by atoms with van der Waals surface area (Å²) in [6.07, 6.45) is 7.10. The van der Waals surface area contributed by atoms with Crippen LogP contribution in [-0.4, -0.2) is 24.1 Å². The van der Waals surface area contributed by atoms with E-state index >= 15 is 0 Å². The fraction of sp³-hybridized carbons (Fsp3) is 0.615. The van der Waals surface area contributed by atoms with Gasteiger partial charge in [-0.15, -0.1) is 0 Å². The van der Waals surface area contributed by atoms with Gasteiger partial charge in [0.05, 0.1) is 0 Å². The predicted octanol–water partition coefficient (Wildman–Crippen LogP) is 2.86. The van der Waals surface area contributed by atoms with Crippen molar-refractivity contribution >= 4 is 21.7 Å². The third kappa shape index (κ3) is 2.99. The van der Waals surface area contributed by atoms with Crippen molar-refractivity contribution in [2.75, 3.05) is 18.0 Å². The van der Waals surface area contributed by atoms with E-state index in [1.165, 1.54) is 31.2 Å². The Morgan fingerprint density at radius 1 is 1.47 bits per heavy atom. The lowest BCUT2D eigenvalue weighted by Crippen LogP contribution is -2.38. The number of anilines is 1. The summed E-state index contributed by atoms with van der Waals surface area (Å²) in [5.74, 6) is 1.10. The molecule has 0 radical (unpaired) electrons. The zero-order valence-corrected chi connectivity index (χ0v) is 11.9. The first kappa shape index (κ1) is 12.8. The minimum atomic E-state index is 0.630. The van der Waals surface area contributed by atoms with E-state index in [0.29, 0.717) is 12.6 Å². The SMILES string of the molecule is Cc1cc(Br)cnc1N(CCN)C1CCCC1. The van der Waals surface area contributed by atoms with Gasteiger partial charge in [0.25, 0.3) is 0 Å². The monoisotopic (exact) mass is 297 g/mol. The summed E-state index contributed by atoms with van der Waals surface area (Å²) in [5, 5.41) is 0. The van der Waals surface area contributed by atoms with E-state index in [9.17, 15) is 0 Å². The van der Waals surface area contributed by atoms with E-state index in [1.807, 2.05) is 6.20 Å². The number of nitrogens with zero attached hydrogens (tertiary/aromatic N) is 2. The molecule has 1 saturated carbocycles. The van der Waals surface area contributed by atoms with Crippen LogP contribution in [0.25, 0.3) is 0 Å². The summed E-state index contributed by atoms with van der Waals surface area (Å²) in [4.78, 5) is 6.96. The zero-order valence-electron chi connectivity index (χ0n) is 10.3. The van der Waals surface area contributed by atoms with Crippen molar-refractivity contribution in [3.05, 3.63) is 22.3 Å². The molecular weight excluding hydrogens is 278 g/mol. The van der Waals surface area contributed by atoms with Crippen LogP contribution < -0.4 is 10.6 Å². The van der Waals surface area contributed by atoms with Crippen LogP contribution in [0.5, 0.6) is 0 Å². The Morgan fingerprint density at radius 3 is 2.76 bits per heavy atom. The van der Waals surface area contributed by atoms with E-state index in [0.717, 1.165) is 16.8 Å². The van der Waals surface area contributed by atoms with Gasteiger partial charge in [0, 0.05) is 29.8 Å². The van der Waals surface area contributed by atoms with Gasteiger partial charge in [-0.2, -0.15) is 0 Å². The highest BCUT2D eigenvalue weighted by Gasteiger charge is 2.24. The molecule has 1 aromatic heterocycles. The second-order valence-electron chi connectivity index (χ2n) is 4.71. The molecule has 0 atom stereocenters. The highest BCUT2D eigenvalue weighted by molar-refractivity contribution is 9.10. The molecule has 1 aliphatic rings. The van der Waals surface area contributed by atoms with Gasteiger partial charge in [0.1, 0.15) is 5.82 Å². The maximum Gasteiger partial charge on any atom is 0.131 e. The summed E-state index contributed by atoms with van der Waals surface area (Å²) < 4.78 is 1.04. The van der Waals surface area contributed by atoms with E-state index in [1.54, 1.807) is 0 Å². The quantitative estimate of drug-likeness (QED) is 0.929. The molecule has 3 nitrogen and oxygen atoms in total. The number of nitrogens with two attached hydrogens (primary N) is 1. The Morgan fingerprint density at radius 2 is 2.18 bits per heavy atom. The van der Waals surface area contributed by atoms with Crippen molar-refractivity contribution in [3.8, 4) is 0 Å². The molecule has 0 saturated heterocycles. The van der Waals surface area contributed by atoms with Crippen LogP contribution in [0.15, 0.2) is 16.7 Å². The number of pyridine rings is 1. The van der Waals surface area contributed by atoms with Crippen LogP contribution in [0.2, 0.25) is 0 Å². The van der Waals surface area contributed by atoms with Crippen LogP contribution in [0, 0.1) is 6.92 Å². The molecule has 1 heterocycles. The lowest BCUT2D eigenvalue weighted by Gasteiger charge is -2.30. The van der Waals surface area contributed by atoms with Gasteiger partial charge < -0.3 is 10.6 Å². The number of aryl methyl sites for hydroxylation is 1. The number of rotatable bonds is 4.